The second-order valence-corrected chi connectivity index (χ2v) is 7.28. The topological polar surface area (TPSA) is 60.0 Å². The van der Waals surface area contributed by atoms with Crippen molar-refractivity contribution in [2.75, 3.05) is 27.0 Å². The first kappa shape index (κ1) is 19.5. The quantitative estimate of drug-likeness (QED) is 0.690. The normalized spacial score (nSPS) is 13.5. The molecule has 0 saturated carbocycles. The average Bonchev–Trinajstić information content (AvgIpc) is 3.14. The highest BCUT2D eigenvalue weighted by Gasteiger charge is 2.18. The summed E-state index contributed by atoms with van der Waals surface area (Å²) in [7, 11) is 1.91. The molecule has 0 saturated heterocycles. The lowest BCUT2D eigenvalue weighted by Gasteiger charge is -2.24. The maximum atomic E-state index is 12.4. The zero-order valence-electron chi connectivity index (χ0n) is 15.4. The molecule has 1 heterocycles. The van der Waals surface area contributed by atoms with Gasteiger partial charge in [-0.25, -0.2) is 0 Å². The van der Waals surface area contributed by atoms with Gasteiger partial charge in [0.1, 0.15) is 12.4 Å². The van der Waals surface area contributed by atoms with Crippen molar-refractivity contribution in [1.82, 2.24) is 10.2 Å². The summed E-state index contributed by atoms with van der Waals surface area (Å²) in [4.78, 5) is 14.4. The molecule has 2 aromatic rings. The number of likely N-dealkylation sites (N-methyl/N-ethyl adjacent to an activating group) is 1. The van der Waals surface area contributed by atoms with Crippen molar-refractivity contribution in [1.29, 1.82) is 0 Å². The Morgan fingerprint density at radius 1 is 1.22 bits per heavy atom. The lowest BCUT2D eigenvalue weighted by atomic mass is 10.2. The molecule has 3 rings (SSSR count). The van der Waals surface area contributed by atoms with Gasteiger partial charge >= 0.3 is 0 Å². The molecule has 0 aromatic heterocycles. The standard InChI is InChI=1S/C20H23BrN2O4/c1-14(23(2)9-10-25-17-6-4-16(21)5-7-17)20(24)22-12-15-3-8-18-19(11-15)27-13-26-18/h3-8,11,14H,9-10,12-13H2,1-2H3,(H,22,24)/t14-/m1/s1. The minimum atomic E-state index is -0.257. The fourth-order valence-electron chi connectivity index (χ4n) is 2.62. The van der Waals surface area contributed by atoms with Crippen molar-refractivity contribution in [3.05, 3.63) is 52.5 Å². The molecule has 1 atom stereocenters. The molecular formula is C20H23BrN2O4. The first-order chi connectivity index (χ1) is 13.0. The molecule has 1 aliphatic rings. The van der Waals surface area contributed by atoms with Crippen LogP contribution in [-0.4, -0.2) is 43.8 Å². The van der Waals surface area contributed by atoms with Gasteiger partial charge < -0.3 is 19.5 Å². The van der Waals surface area contributed by atoms with E-state index in [4.69, 9.17) is 14.2 Å². The third kappa shape index (κ3) is 5.37. The highest BCUT2D eigenvalue weighted by atomic mass is 79.9. The Morgan fingerprint density at radius 2 is 1.96 bits per heavy atom. The molecule has 0 unspecified atom stereocenters. The monoisotopic (exact) mass is 434 g/mol. The van der Waals surface area contributed by atoms with E-state index < -0.39 is 0 Å². The minimum Gasteiger partial charge on any atom is -0.492 e. The summed E-state index contributed by atoms with van der Waals surface area (Å²) in [5.74, 6) is 2.24. The fraction of sp³-hybridized carbons (Fsp3) is 0.350. The van der Waals surface area contributed by atoms with Crippen LogP contribution in [0.4, 0.5) is 0 Å². The molecule has 1 N–H and O–H groups in total. The minimum absolute atomic E-state index is 0.0289. The second kappa shape index (κ2) is 9.10. The first-order valence-corrected chi connectivity index (χ1v) is 9.57. The highest BCUT2D eigenvalue weighted by Crippen LogP contribution is 2.32. The Bertz CT molecular complexity index is 782. The van der Waals surface area contributed by atoms with Crippen molar-refractivity contribution in [3.8, 4) is 17.2 Å². The van der Waals surface area contributed by atoms with Gasteiger partial charge in [0, 0.05) is 17.6 Å². The number of carbonyl (C=O) groups is 1. The number of fused-ring (bicyclic) bond motifs is 1. The molecule has 0 radical (unpaired) electrons. The predicted octanol–water partition coefficient (Wildman–Crippen LogP) is 3.19. The maximum absolute atomic E-state index is 12.4. The van der Waals surface area contributed by atoms with Crippen LogP contribution in [-0.2, 0) is 11.3 Å². The summed E-state index contributed by atoms with van der Waals surface area (Å²) in [6.45, 7) is 3.74. The van der Waals surface area contributed by atoms with Crippen LogP contribution in [0.5, 0.6) is 17.2 Å². The summed E-state index contributed by atoms with van der Waals surface area (Å²) in [6, 6.07) is 13.1. The largest absolute Gasteiger partial charge is 0.492 e. The van der Waals surface area contributed by atoms with Gasteiger partial charge in [-0.1, -0.05) is 22.0 Å². The van der Waals surface area contributed by atoms with Crippen LogP contribution >= 0.6 is 15.9 Å². The number of halogens is 1. The fourth-order valence-corrected chi connectivity index (χ4v) is 2.88. The molecule has 2 aromatic carbocycles. The molecule has 1 amide bonds. The third-order valence-electron chi connectivity index (χ3n) is 4.47. The van der Waals surface area contributed by atoms with E-state index in [0.717, 1.165) is 27.3 Å². The van der Waals surface area contributed by atoms with E-state index in [9.17, 15) is 4.79 Å². The predicted molar refractivity (Wildman–Crippen MR) is 106 cm³/mol. The third-order valence-corrected chi connectivity index (χ3v) is 5.00. The molecule has 0 fully saturated rings. The van der Waals surface area contributed by atoms with Gasteiger partial charge in [-0.2, -0.15) is 0 Å². The van der Waals surface area contributed by atoms with E-state index in [1.807, 2.05) is 61.3 Å². The Morgan fingerprint density at radius 3 is 2.74 bits per heavy atom. The van der Waals surface area contributed by atoms with Crippen LogP contribution in [0.25, 0.3) is 0 Å². The number of nitrogens with one attached hydrogen (secondary N) is 1. The van der Waals surface area contributed by atoms with Crippen LogP contribution in [0.1, 0.15) is 12.5 Å². The molecule has 27 heavy (non-hydrogen) atoms. The van der Waals surface area contributed by atoms with Gasteiger partial charge in [-0.3, -0.25) is 9.69 Å². The van der Waals surface area contributed by atoms with E-state index in [2.05, 4.69) is 21.2 Å². The zero-order chi connectivity index (χ0) is 19.2. The van der Waals surface area contributed by atoms with Crippen molar-refractivity contribution < 1.29 is 19.0 Å². The summed E-state index contributed by atoms with van der Waals surface area (Å²) >= 11 is 3.40. The number of amides is 1. The molecule has 0 aliphatic carbocycles. The molecular weight excluding hydrogens is 412 g/mol. The van der Waals surface area contributed by atoms with Crippen LogP contribution < -0.4 is 19.5 Å². The Kier molecular flexibility index (Phi) is 6.58. The summed E-state index contributed by atoms with van der Waals surface area (Å²) < 4.78 is 17.4. The van der Waals surface area contributed by atoms with E-state index in [1.54, 1.807) is 0 Å². The number of hydrogen-bond acceptors (Lipinski definition) is 5. The molecule has 144 valence electrons. The lowest BCUT2D eigenvalue weighted by Crippen LogP contribution is -2.44. The van der Waals surface area contributed by atoms with Gasteiger partial charge in [-0.05, 0) is 55.9 Å². The molecule has 6 nitrogen and oxygen atoms in total. The SMILES string of the molecule is C[C@H](C(=O)NCc1ccc2c(c1)OCO2)N(C)CCOc1ccc(Br)cc1. The van der Waals surface area contributed by atoms with Crippen LogP contribution in [0.2, 0.25) is 0 Å². The molecule has 7 heteroatoms. The molecule has 0 spiro atoms. The number of hydrogen-bond donors (Lipinski definition) is 1. The van der Waals surface area contributed by atoms with Gasteiger partial charge in [-0.15, -0.1) is 0 Å². The van der Waals surface area contributed by atoms with E-state index in [1.165, 1.54) is 0 Å². The van der Waals surface area contributed by atoms with Gasteiger partial charge in [0.15, 0.2) is 11.5 Å². The average molecular weight is 435 g/mol. The number of benzene rings is 2. The van der Waals surface area contributed by atoms with Gasteiger partial charge in [0.25, 0.3) is 0 Å². The van der Waals surface area contributed by atoms with Crippen LogP contribution in [0.3, 0.4) is 0 Å². The number of carbonyl (C=O) groups excluding carboxylic acids is 1. The Labute approximate surface area is 167 Å². The van der Waals surface area contributed by atoms with E-state index in [-0.39, 0.29) is 18.7 Å². The summed E-state index contributed by atoms with van der Waals surface area (Å²) in [6.07, 6.45) is 0. The zero-order valence-corrected chi connectivity index (χ0v) is 17.0. The molecule has 0 bridgehead atoms. The second-order valence-electron chi connectivity index (χ2n) is 6.36. The number of ether oxygens (including phenoxy) is 3. The Hall–Kier alpha value is -2.25. The Balaban J connectivity index is 1.41. The van der Waals surface area contributed by atoms with Crippen molar-refractivity contribution in [3.63, 3.8) is 0 Å². The lowest BCUT2D eigenvalue weighted by molar-refractivity contribution is -0.125. The highest BCUT2D eigenvalue weighted by molar-refractivity contribution is 9.10. The number of nitrogens with zero attached hydrogens (tertiary/aromatic N) is 1. The summed E-state index contributed by atoms with van der Waals surface area (Å²) in [5.41, 5.74) is 0.973. The maximum Gasteiger partial charge on any atom is 0.237 e. The van der Waals surface area contributed by atoms with E-state index in [0.29, 0.717) is 19.7 Å². The van der Waals surface area contributed by atoms with Crippen molar-refractivity contribution in [2.45, 2.75) is 19.5 Å². The van der Waals surface area contributed by atoms with E-state index >= 15 is 0 Å². The summed E-state index contributed by atoms with van der Waals surface area (Å²) in [5, 5.41) is 2.96. The van der Waals surface area contributed by atoms with Crippen molar-refractivity contribution >= 4 is 21.8 Å². The van der Waals surface area contributed by atoms with Crippen LogP contribution in [0.15, 0.2) is 46.9 Å². The smallest absolute Gasteiger partial charge is 0.237 e. The number of rotatable bonds is 8. The van der Waals surface area contributed by atoms with Gasteiger partial charge in [0.2, 0.25) is 12.7 Å². The first-order valence-electron chi connectivity index (χ1n) is 8.78. The van der Waals surface area contributed by atoms with Crippen molar-refractivity contribution in [2.24, 2.45) is 0 Å². The molecule has 1 aliphatic heterocycles. The van der Waals surface area contributed by atoms with Gasteiger partial charge in [0.05, 0.1) is 6.04 Å². The van der Waals surface area contributed by atoms with Crippen LogP contribution in [0, 0.1) is 0 Å².